The molecule has 0 aliphatic heterocycles. The van der Waals surface area contributed by atoms with Crippen molar-refractivity contribution in [1.29, 1.82) is 0 Å². The van der Waals surface area contributed by atoms with Gasteiger partial charge in [-0.25, -0.2) is 0 Å². The van der Waals surface area contributed by atoms with E-state index in [4.69, 9.17) is 0 Å². The molecule has 3 nitrogen and oxygen atoms in total. The first-order valence-corrected chi connectivity index (χ1v) is 9.70. The van der Waals surface area contributed by atoms with Crippen LogP contribution in [-0.4, -0.2) is 12.5 Å². The number of carbonyl (C=O) groups excluding carboxylic acids is 1. The Hall–Kier alpha value is -1.17. The Balaban J connectivity index is 1.63. The molecule has 2 N–H and O–H groups in total. The minimum atomic E-state index is -0.0386. The number of halogens is 2. The zero-order valence-electron chi connectivity index (χ0n) is 13.5. The van der Waals surface area contributed by atoms with Crippen molar-refractivity contribution in [3.8, 4) is 0 Å². The van der Waals surface area contributed by atoms with Crippen molar-refractivity contribution in [1.82, 2.24) is 5.32 Å². The van der Waals surface area contributed by atoms with Gasteiger partial charge < -0.3 is 10.6 Å². The SMILES string of the molecule is Cc1cc(Br)c(NC(=O)CNC2CCCc3ccccc32)c(Br)c1. The lowest BCUT2D eigenvalue weighted by atomic mass is 9.88. The molecule has 0 radical (unpaired) electrons. The van der Waals surface area contributed by atoms with E-state index in [2.05, 4.69) is 66.8 Å². The van der Waals surface area contributed by atoms with Gasteiger partial charge in [-0.2, -0.15) is 0 Å². The lowest BCUT2D eigenvalue weighted by Gasteiger charge is -2.26. The molecule has 0 heterocycles. The first-order valence-electron chi connectivity index (χ1n) is 8.11. The van der Waals surface area contributed by atoms with Crippen molar-refractivity contribution in [2.75, 3.05) is 11.9 Å². The highest BCUT2D eigenvalue weighted by atomic mass is 79.9. The molecule has 1 unspecified atom stereocenters. The Bertz CT molecular complexity index is 738. The zero-order chi connectivity index (χ0) is 17.1. The van der Waals surface area contributed by atoms with Crippen LogP contribution in [0.3, 0.4) is 0 Å². The predicted molar refractivity (Wildman–Crippen MR) is 105 cm³/mol. The van der Waals surface area contributed by atoms with Gasteiger partial charge in [0.1, 0.15) is 0 Å². The third kappa shape index (κ3) is 4.08. The maximum Gasteiger partial charge on any atom is 0.238 e. The molecule has 0 saturated carbocycles. The molecule has 1 aliphatic rings. The summed E-state index contributed by atoms with van der Waals surface area (Å²) >= 11 is 7.02. The lowest BCUT2D eigenvalue weighted by molar-refractivity contribution is -0.115. The van der Waals surface area contributed by atoms with Gasteiger partial charge in [0.2, 0.25) is 5.91 Å². The third-order valence-electron chi connectivity index (χ3n) is 4.33. The average molecular weight is 452 g/mol. The van der Waals surface area contributed by atoms with Gasteiger partial charge in [0, 0.05) is 15.0 Å². The largest absolute Gasteiger partial charge is 0.323 e. The third-order valence-corrected chi connectivity index (χ3v) is 5.58. The van der Waals surface area contributed by atoms with Gasteiger partial charge in [0.05, 0.1) is 12.2 Å². The van der Waals surface area contributed by atoms with E-state index in [-0.39, 0.29) is 11.9 Å². The van der Waals surface area contributed by atoms with Crippen LogP contribution in [0.2, 0.25) is 0 Å². The molecule has 1 atom stereocenters. The van der Waals surface area contributed by atoms with E-state index in [0.29, 0.717) is 6.54 Å². The van der Waals surface area contributed by atoms with E-state index in [9.17, 15) is 4.79 Å². The van der Waals surface area contributed by atoms with Crippen LogP contribution in [0.5, 0.6) is 0 Å². The van der Waals surface area contributed by atoms with E-state index in [1.807, 2.05) is 19.1 Å². The van der Waals surface area contributed by atoms with Gasteiger partial charge in [-0.05, 0) is 86.9 Å². The number of aryl methyl sites for hydroxylation is 2. The highest BCUT2D eigenvalue weighted by molar-refractivity contribution is 9.11. The summed E-state index contributed by atoms with van der Waals surface area (Å²) in [5, 5.41) is 6.38. The standard InChI is InChI=1S/C19H20Br2N2O/c1-12-9-15(20)19(16(21)10-12)23-18(24)11-22-17-8-4-6-13-5-2-3-7-14(13)17/h2-3,5,7,9-10,17,22H,4,6,8,11H2,1H3,(H,23,24). The van der Waals surface area contributed by atoms with Crippen LogP contribution >= 0.6 is 31.9 Å². The van der Waals surface area contributed by atoms with Crippen LogP contribution in [0.15, 0.2) is 45.3 Å². The Morgan fingerprint density at radius 3 is 2.67 bits per heavy atom. The minimum absolute atomic E-state index is 0.0386. The fourth-order valence-electron chi connectivity index (χ4n) is 3.18. The second-order valence-corrected chi connectivity index (χ2v) is 7.88. The summed E-state index contributed by atoms with van der Waals surface area (Å²) in [7, 11) is 0. The van der Waals surface area contributed by atoms with E-state index in [1.165, 1.54) is 11.1 Å². The lowest BCUT2D eigenvalue weighted by Crippen LogP contribution is -2.33. The summed E-state index contributed by atoms with van der Waals surface area (Å²) in [4.78, 5) is 12.3. The summed E-state index contributed by atoms with van der Waals surface area (Å²) in [5.74, 6) is -0.0386. The molecule has 2 aromatic rings. The molecule has 5 heteroatoms. The molecule has 0 bridgehead atoms. The van der Waals surface area contributed by atoms with Gasteiger partial charge in [-0.3, -0.25) is 4.79 Å². The minimum Gasteiger partial charge on any atom is -0.323 e. The van der Waals surface area contributed by atoms with Gasteiger partial charge in [-0.15, -0.1) is 0 Å². The fourth-order valence-corrected chi connectivity index (χ4v) is 4.80. The number of benzene rings is 2. The number of fused-ring (bicyclic) bond motifs is 1. The highest BCUT2D eigenvalue weighted by Crippen LogP contribution is 2.32. The van der Waals surface area contributed by atoms with Crippen molar-refractivity contribution in [2.45, 2.75) is 32.2 Å². The smallest absolute Gasteiger partial charge is 0.238 e. The van der Waals surface area contributed by atoms with E-state index < -0.39 is 0 Å². The van der Waals surface area contributed by atoms with Crippen LogP contribution in [0.25, 0.3) is 0 Å². The quantitative estimate of drug-likeness (QED) is 0.676. The number of carbonyl (C=O) groups is 1. The maximum atomic E-state index is 12.3. The van der Waals surface area contributed by atoms with Crippen molar-refractivity contribution in [3.63, 3.8) is 0 Å². The molecule has 1 amide bonds. The molecule has 126 valence electrons. The van der Waals surface area contributed by atoms with Crippen LogP contribution < -0.4 is 10.6 Å². The first kappa shape index (κ1) is 17.6. The molecular formula is C19H20Br2N2O. The monoisotopic (exact) mass is 450 g/mol. The number of rotatable bonds is 4. The number of nitrogens with one attached hydrogen (secondary N) is 2. The van der Waals surface area contributed by atoms with Crippen LogP contribution in [0, 0.1) is 6.92 Å². The van der Waals surface area contributed by atoms with Crippen molar-refractivity contribution < 1.29 is 4.79 Å². The summed E-state index contributed by atoms with van der Waals surface area (Å²) in [5.41, 5.74) is 4.63. The summed E-state index contributed by atoms with van der Waals surface area (Å²) in [6, 6.07) is 12.7. The Kier molecular flexibility index (Phi) is 5.74. The van der Waals surface area contributed by atoms with Crippen LogP contribution in [0.4, 0.5) is 5.69 Å². The van der Waals surface area contributed by atoms with Crippen LogP contribution in [0.1, 0.15) is 35.6 Å². The summed E-state index contributed by atoms with van der Waals surface area (Å²) in [6.07, 6.45) is 3.36. The highest BCUT2D eigenvalue weighted by Gasteiger charge is 2.20. The van der Waals surface area contributed by atoms with Gasteiger partial charge >= 0.3 is 0 Å². The number of hydrogen-bond donors (Lipinski definition) is 2. The molecule has 0 saturated heterocycles. The second kappa shape index (κ2) is 7.81. The Labute approximate surface area is 159 Å². The van der Waals surface area contributed by atoms with Crippen molar-refractivity contribution in [3.05, 3.63) is 62.0 Å². The normalized spacial score (nSPS) is 16.5. The van der Waals surface area contributed by atoms with E-state index >= 15 is 0 Å². The molecule has 0 aromatic heterocycles. The number of hydrogen-bond acceptors (Lipinski definition) is 2. The van der Waals surface area contributed by atoms with Crippen molar-refractivity contribution >= 4 is 43.5 Å². The van der Waals surface area contributed by atoms with Gasteiger partial charge in [0.15, 0.2) is 0 Å². The molecule has 1 aliphatic carbocycles. The first-order chi connectivity index (χ1) is 11.5. The summed E-state index contributed by atoms with van der Waals surface area (Å²) in [6.45, 7) is 2.31. The average Bonchev–Trinajstić information content (AvgIpc) is 2.56. The fraction of sp³-hybridized carbons (Fsp3) is 0.316. The number of anilines is 1. The maximum absolute atomic E-state index is 12.3. The van der Waals surface area contributed by atoms with Crippen LogP contribution in [-0.2, 0) is 11.2 Å². The Morgan fingerprint density at radius 2 is 1.92 bits per heavy atom. The molecule has 3 rings (SSSR count). The molecule has 0 spiro atoms. The topological polar surface area (TPSA) is 41.1 Å². The van der Waals surface area contributed by atoms with Crippen molar-refractivity contribution in [2.24, 2.45) is 0 Å². The summed E-state index contributed by atoms with van der Waals surface area (Å²) < 4.78 is 1.76. The van der Waals surface area contributed by atoms with E-state index in [0.717, 1.165) is 39.5 Å². The predicted octanol–water partition coefficient (Wildman–Crippen LogP) is 5.13. The molecule has 2 aromatic carbocycles. The number of amides is 1. The molecular weight excluding hydrogens is 432 g/mol. The Morgan fingerprint density at radius 1 is 1.21 bits per heavy atom. The zero-order valence-corrected chi connectivity index (χ0v) is 16.7. The van der Waals surface area contributed by atoms with E-state index in [1.54, 1.807) is 0 Å². The second-order valence-electron chi connectivity index (χ2n) is 6.18. The van der Waals surface area contributed by atoms with Gasteiger partial charge in [0.25, 0.3) is 0 Å². The molecule has 0 fully saturated rings. The molecule has 24 heavy (non-hydrogen) atoms. The van der Waals surface area contributed by atoms with Gasteiger partial charge in [-0.1, -0.05) is 24.3 Å².